The minimum Gasteiger partial charge on any atom is -0.297 e. The minimum absolute atomic E-state index is 0.123. The second-order valence-corrected chi connectivity index (χ2v) is 9.08. The summed E-state index contributed by atoms with van der Waals surface area (Å²) in [6.45, 7) is 5.41. The van der Waals surface area contributed by atoms with Gasteiger partial charge in [-0.05, 0) is 24.3 Å². The maximum Gasteiger partial charge on any atom is 0.240 e. The zero-order chi connectivity index (χ0) is 20.4. The SMILES string of the molecule is CC(C)(C)C(=O)[C@@H]1[C@@H]2C(=O)N(c3ccc(Cl)cc3Cl)C(=O)[C@H]2[C@H]2C=CC=NN21. The van der Waals surface area contributed by atoms with E-state index >= 15 is 0 Å². The minimum atomic E-state index is -0.809. The number of hydrogen-bond acceptors (Lipinski definition) is 5. The summed E-state index contributed by atoms with van der Waals surface area (Å²) in [5.74, 6) is -2.43. The summed E-state index contributed by atoms with van der Waals surface area (Å²) in [5.41, 5.74) is -0.401. The van der Waals surface area contributed by atoms with Crippen molar-refractivity contribution in [2.45, 2.75) is 32.9 Å². The van der Waals surface area contributed by atoms with Gasteiger partial charge in [0.05, 0.1) is 28.6 Å². The first-order valence-corrected chi connectivity index (χ1v) is 9.75. The highest BCUT2D eigenvalue weighted by Crippen LogP contribution is 2.48. The van der Waals surface area contributed by atoms with Crippen molar-refractivity contribution < 1.29 is 14.4 Å². The van der Waals surface area contributed by atoms with Crippen molar-refractivity contribution in [1.29, 1.82) is 0 Å². The average molecular weight is 420 g/mol. The average Bonchev–Trinajstić information content (AvgIpc) is 3.08. The molecule has 2 fully saturated rings. The molecule has 4 rings (SSSR count). The Balaban J connectivity index is 1.81. The number of hydrogen-bond donors (Lipinski definition) is 0. The number of fused-ring (bicyclic) bond motifs is 3. The van der Waals surface area contributed by atoms with E-state index in [-0.39, 0.29) is 22.4 Å². The molecule has 4 atom stereocenters. The van der Waals surface area contributed by atoms with E-state index < -0.39 is 35.2 Å². The summed E-state index contributed by atoms with van der Waals surface area (Å²) in [6.07, 6.45) is 5.12. The van der Waals surface area contributed by atoms with E-state index in [2.05, 4.69) is 5.10 Å². The van der Waals surface area contributed by atoms with Gasteiger partial charge in [-0.1, -0.05) is 50.0 Å². The molecule has 6 nitrogen and oxygen atoms in total. The van der Waals surface area contributed by atoms with E-state index in [0.717, 1.165) is 4.90 Å². The molecule has 0 unspecified atom stereocenters. The van der Waals surface area contributed by atoms with E-state index in [1.54, 1.807) is 50.2 Å². The van der Waals surface area contributed by atoms with E-state index in [4.69, 9.17) is 23.2 Å². The van der Waals surface area contributed by atoms with Gasteiger partial charge in [0.25, 0.3) is 0 Å². The third-order valence-electron chi connectivity index (χ3n) is 5.45. The predicted octanol–water partition coefficient (Wildman–Crippen LogP) is 3.32. The lowest BCUT2D eigenvalue weighted by Gasteiger charge is -2.33. The molecule has 0 N–H and O–H groups in total. The highest BCUT2D eigenvalue weighted by atomic mass is 35.5. The summed E-state index contributed by atoms with van der Waals surface area (Å²) in [7, 11) is 0. The smallest absolute Gasteiger partial charge is 0.240 e. The van der Waals surface area contributed by atoms with Crippen molar-refractivity contribution >= 4 is 52.7 Å². The van der Waals surface area contributed by atoms with Crippen molar-refractivity contribution in [2.24, 2.45) is 22.4 Å². The van der Waals surface area contributed by atoms with Gasteiger partial charge in [0.2, 0.25) is 11.8 Å². The molecule has 1 aromatic rings. The van der Waals surface area contributed by atoms with Crippen molar-refractivity contribution in [3.8, 4) is 0 Å². The van der Waals surface area contributed by atoms with Crippen LogP contribution in [0.2, 0.25) is 10.0 Å². The monoisotopic (exact) mass is 419 g/mol. The molecule has 0 aromatic heterocycles. The van der Waals surface area contributed by atoms with Crippen LogP contribution in [0.5, 0.6) is 0 Å². The molecule has 0 spiro atoms. The molecule has 3 aliphatic heterocycles. The summed E-state index contributed by atoms with van der Waals surface area (Å²) in [5, 5.41) is 6.55. The number of nitrogens with zero attached hydrogens (tertiary/aromatic N) is 3. The number of amides is 2. The van der Waals surface area contributed by atoms with Gasteiger partial charge < -0.3 is 0 Å². The predicted molar refractivity (Wildman–Crippen MR) is 107 cm³/mol. The highest BCUT2D eigenvalue weighted by molar-refractivity contribution is 6.38. The van der Waals surface area contributed by atoms with Crippen molar-refractivity contribution in [3.05, 3.63) is 40.4 Å². The van der Waals surface area contributed by atoms with Crippen LogP contribution < -0.4 is 4.90 Å². The largest absolute Gasteiger partial charge is 0.297 e. The number of rotatable bonds is 2. The Morgan fingerprint density at radius 3 is 2.43 bits per heavy atom. The van der Waals surface area contributed by atoms with Gasteiger partial charge in [-0.25, -0.2) is 4.90 Å². The van der Waals surface area contributed by atoms with Gasteiger partial charge >= 0.3 is 0 Å². The Labute approximate surface area is 172 Å². The summed E-state index contributed by atoms with van der Waals surface area (Å²) in [6, 6.07) is 3.37. The lowest BCUT2D eigenvalue weighted by molar-refractivity contribution is -0.136. The number of ketones is 1. The summed E-state index contributed by atoms with van der Waals surface area (Å²) < 4.78 is 0. The molecule has 28 heavy (non-hydrogen) atoms. The zero-order valence-corrected chi connectivity index (χ0v) is 17.1. The van der Waals surface area contributed by atoms with Gasteiger partial charge in [0.1, 0.15) is 6.04 Å². The van der Waals surface area contributed by atoms with Crippen LogP contribution in [0, 0.1) is 17.3 Å². The Bertz CT molecular complexity index is 951. The number of benzene rings is 1. The summed E-state index contributed by atoms with van der Waals surface area (Å²) in [4.78, 5) is 41.0. The van der Waals surface area contributed by atoms with Crippen molar-refractivity contribution in [3.63, 3.8) is 0 Å². The van der Waals surface area contributed by atoms with Gasteiger partial charge in [-0.2, -0.15) is 5.10 Å². The van der Waals surface area contributed by atoms with Crippen LogP contribution in [-0.2, 0) is 14.4 Å². The third kappa shape index (κ3) is 2.70. The maximum absolute atomic E-state index is 13.4. The number of allylic oxidation sites excluding steroid dienone is 1. The number of Topliss-reactive ketones (excluding diaryl/α,β-unsaturated/α-hetero) is 1. The van der Waals surface area contributed by atoms with E-state index in [0.29, 0.717) is 5.02 Å². The Kier molecular flexibility index (Phi) is 4.39. The number of anilines is 1. The second-order valence-electron chi connectivity index (χ2n) is 8.24. The van der Waals surface area contributed by atoms with Crippen molar-refractivity contribution in [2.75, 3.05) is 4.90 Å². The lowest BCUT2D eigenvalue weighted by Crippen LogP contribution is -2.49. The third-order valence-corrected chi connectivity index (χ3v) is 5.99. The molecule has 146 valence electrons. The molecule has 0 bridgehead atoms. The molecule has 0 saturated carbocycles. The normalized spacial score (nSPS) is 28.8. The summed E-state index contributed by atoms with van der Waals surface area (Å²) >= 11 is 12.2. The van der Waals surface area contributed by atoms with E-state index in [1.165, 1.54) is 6.07 Å². The number of carbonyl (C=O) groups is 3. The molecule has 8 heteroatoms. The van der Waals surface area contributed by atoms with Crippen LogP contribution in [0.1, 0.15) is 20.8 Å². The maximum atomic E-state index is 13.4. The van der Waals surface area contributed by atoms with E-state index in [9.17, 15) is 14.4 Å². The quantitative estimate of drug-likeness (QED) is 0.689. The van der Waals surface area contributed by atoms with Crippen LogP contribution in [0.25, 0.3) is 0 Å². The fourth-order valence-corrected chi connectivity index (χ4v) is 4.67. The van der Waals surface area contributed by atoms with Gasteiger partial charge in [0, 0.05) is 16.7 Å². The standard InChI is InChI=1S/C20H19Cl2N3O3/c1-20(2,3)17(26)16-15-14(13-5-4-8-23-25(13)16)18(27)24(19(15)28)12-7-6-10(21)9-11(12)22/h4-9,13-16H,1-3H3/t13-,14+,15-,16+/m1/s1. The van der Waals surface area contributed by atoms with E-state index in [1.807, 2.05) is 6.08 Å². The Hall–Kier alpha value is -2.18. The fourth-order valence-electron chi connectivity index (χ4n) is 4.18. The second kappa shape index (κ2) is 6.42. The number of imide groups is 1. The number of halogens is 2. The first-order chi connectivity index (χ1) is 13.1. The fraction of sp³-hybridized carbons (Fsp3) is 0.400. The topological polar surface area (TPSA) is 70.0 Å². The number of carbonyl (C=O) groups excluding carboxylic acids is 3. The van der Waals surface area contributed by atoms with Gasteiger partial charge in [-0.15, -0.1) is 0 Å². The molecule has 3 heterocycles. The van der Waals surface area contributed by atoms with Gasteiger partial charge in [-0.3, -0.25) is 19.4 Å². The molecule has 1 aromatic carbocycles. The zero-order valence-electron chi connectivity index (χ0n) is 15.6. The van der Waals surface area contributed by atoms with Crippen LogP contribution >= 0.6 is 23.2 Å². The van der Waals surface area contributed by atoms with Crippen molar-refractivity contribution in [1.82, 2.24) is 5.01 Å². The van der Waals surface area contributed by atoms with Crippen LogP contribution in [0.4, 0.5) is 5.69 Å². The Morgan fingerprint density at radius 2 is 1.79 bits per heavy atom. The molecule has 2 saturated heterocycles. The first kappa shape index (κ1) is 19.2. The Morgan fingerprint density at radius 1 is 1.11 bits per heavy atom. The molecule has 2 amide bonds. The first-order valence-electron chi connectivity index (χ1n) is 8.99. The van der Waals surface area contributed by atoms with Crippen LogP contribution in [0.15, 0.2) is 35.5 Å². The molecular weight excluding hydrogens is 401 g/mol. The lowest BCUT2D eigenvalue weighted by atomic mass is 9.80. The van der Waals surface area contributed by atoms with Crippen LogP contribution in [0.3, 0.4) is 0 Å². The molecule has 0 radical (unpaired) electrons. The highest BCUT2D eigenvalue weighted by Gasteiger charge is 2.64. The number of hydrazone groups is 1. The van der Waals surface area contributed by atoms with Gasteiger partial charge in [0.15, 0.2) is 5.78 Å². The van der Waals surface area contributed by atoms with Crippen LogP contribution in [-0.4, -0.2) is 40.9 Å². The molecule has 3 aliphatic rings. The molecule has 0 aliphatic carbocycles. The molecular formula is C20H19Cl2N3O3.